The van der Waals surface area contributed by atoms with Crippen molar-refractivity contribution in [2.75, 3.05) is 0 Å². The standard InChI is InChI=1S/C9H10BrClO/c1-6(12)4-7-5-8(10)2-3-9(7)11/h2-3,5-6,12H,4H2,1H3. The zero-order valence-electron chi connectivity index (χ0n) is 6.72. The number of hydrogen-bond donors (Lipinski definition) is 1. The Hall–Kier alpha value is -0.0500. The first kappa shape index (κ1) is 10.0. The first-order chi connectivity index (χ1) is 5.59. The molecule has 1 aromatic carbocycles. The fourth-order valence-corrected chi connectivity index (χ4v) is 1.62. The zero-order chi connectivity index (χ0) is 9.14. The summed E-state index contributed by atoms with van der Waals surface area (Å²) in [6, 6.07) is 5.63. The summed E-state index contributed by atoms with van der Waals surface area (Å²) in [5.41, 5.74) is 0.973. The van der Waals surface area contributed by atoms with Crippen LogP contribution >= 0.6 is 27.5 Å². The van der Waals surface area contributed by atoms with Gasteiger partial charge in [0.15, 0.2) is 0 Å². The summed E-state index contributed by atoms with van der Waals surface area (Å²) in [5.74, 6) is 0. The van der Waals surface area contributed by atoms with Gasteiger partial charge in [-0.25, -0.2) is 0 Å². The van der Waals surface area contributed by atoms with Gasteiger partial charge >= 0.3 is 0 Å². The van der Waals surface area contributed by atoms with Crippen molar-refractivity contribution in [3.8, 4) is 0 Å². The molecule has 1 aromatic rings. The zero-order valence-corrected chi connectivity index (χ0v) is 9.06. The van der Waals surface area contributed by atoms with E-state index < -0.39 is 0 Å². The van der Waals surface area contributed by atoms with E-state index >= 15 is 0 Å². The summed E-state index contributed by atoms with van der Waals surface area (Å²) in [6.45, 7) is 1.75. The number of hydrogen-bond acceptors (Lipinski definition) is 1. The minimum absolute atomic E-state index is 0.350. The third-order valence-corrected chi connectivity index (χ3v) is 2.39. The Labute approximate surface area is 85.5 Å². The van der Waals surface area contributed by atoms with Crippen molar-refractivity contribution in [2.45, 2.75) is 19.4 Å². The van der Waals surface area contributed by atoms with E-state index in [1.165, 1.54) is 0 Å². The molecule has 0 saturated heterocycles. The second-order valence-electron chi connectivity index (χ2n) is 2.79. The Morgan fingerprint density at radius 3 is 2.83 bits per heavy atom. The minimum Gasteiger partial charge on any atom is -0.393 e. The molecule has 0 spiro atoms. The quantitative estimate of drug-likeness (QED) is 0.854. The van der Waals surface area contributed by atoms with Gasteiger partial charge in [-0.05, 0) is 37.1 Å². The van der Waals surface area contributed by atoms with Crippen LogP contribution in [0.25, 0.3) is 0 Å². The minimum atomic E-state index is -0.350. The summed E-state index contributed by atoms with van der Waals surface area (Å²) >= 11 is 9.25. The fourth-order valence-electron chi connectivity index (χ4n) is 1.02. The van der Waals surface area contributed by atoms with Crippen LogP contribution in [0.15, 0.2) is 22.7 Å². The van der Waals surface area contributed by atoms with Gasteiger partial charge in [0.1, 0.15) is 0 Å². The van der Waals surface area contributed by atoms with Crippen molar-refractivity contribution in [3.05, 3.63) is 33.3 Å². The molecule has 0 aliphatic carbocycles. The molecule has 0 fully saturated rings. The average molecular weight is 250 g/mol. The van der Waals surface area contributed by atoms with E-state index in [9.17, 15) is 0 Å². The molecule has 0 aromatic heterocycles. The highest BCUT2D eigenvalue weighted by molar-refractivity contribution is 9.10. The second-order valence-corrected chi connectivity index (χ2v) is 4.11. The molecule has 0 radical (unpaired) electrons. The summed E-state index contributed by atoms with van der Waals surface area (Å²) in [6.07, 6.45) is 0.245. The first-order valence-electron chi connectivity index (χ1n) is 3.71. The van der Waals surface area contributed by atoms with Gasteiger partial charge in [0.25, 0.3) is 0 Å². The average Bonchev–Trinajstić information content (AvgIpc) is 1.96. The van der Waals surface area contributed by atoms with Crippen LogP contribution in [0.3, 0.4) is 0 Å². The molecule has 1 N–H and O–H groups in total. The molecular weight excluding hydrogens is 239 g/mol. The Morgan fingerprint density at radius 2 is 2.25 bits per heavy atom. The molecule has 66 valence electrons. The maximum absolute atomic E-state index is 9.15. The third-order valence-electron chi connectivity index (χ3n) is 1.52. The maximum Gasteiger partial charge on any atom is 0.0552 e. The molecule has 0 amide bonds. The molecular formula is C9H10BrClO. The van der Waals surface area contributed by atoms with Gasteiger partial charge in [0.2, 0.25) is 0 Å². The van der Waals surface area contributed by atoms with Gasteiger partial charge in [0, 0.05) is 9.50 Å². The van der Waals surface area contributed by atoms with E-state index in [4.69, 9.17) is 16.7 Å². The topological polar surface area (TPSA) is 20.2 Å². The van der Waals surface area contributed by atoms with Crippen LogP contribution in [0.1, 0.15) is 12.5 Å². The first-order valence-corrected chi connectivity index (χ1v) is 4.88. The Kier molecular flexibility index (Phi) is 3.56. The maximum atomic E-state index is 9.15. The molecule has 0 aliphatic rings. The lowest BCUT2D eigenvalue weighted by molar-refractivity contribution is 0.195. The van der Waals surface area contributed by atoms with Crippen LogP contribution in [0.5, 0.6) is 0 Å². The predicted octanol–water partition coefficient (Wildman–Crippen LogP) is 3.03. The van der Waals surface area contributed by atoms with Crippen LogP contribution in [0.4, 0.5) is 0 Å². The Bertz CT molecular complexity index is 273. The van der Waals surface area contributed by atoms with E-state index in [1.807, 2.05) is 18.2 Å². The molecule has 1 atom stereocenters. The van der Waals surface area contributed by atoms with E-state index in [2.05, 4.69) is 15.9 Å². The van der Waals surface area contributed by atoms with Gasteiger partial charge < -0.3 is 5.11 Å². The number of benzene rings is 1. The van der Waals surface area contributed by atoms with Crippen LogP contribution in [-0.4, -0.2) is 11.2 Å². The molecule has 3 heteroatoms. The molecule has 0 saturated carbocycles. The molecule has 0 aliphatic heterocycles. The van der Waals surface area contributed by atoms with E-state index in [1.54, 1.807) is 6.92 Å². The number of halogens is 2. The van der Waals surface area contributed by atoms with Crippen molar-refractivity contribution in [2.24, 2.45) is 0 Å². The second kappa shape index (κ2) is 4.26. The molecule has 12 heavy (non-hydrogen) atoms. The lowest BCUT2D eigenvalue weighted by Crippen LogP contribution is -2.04. The van der Waals surface area contributed by atoms with Crippen molar-refractivity contribution >= 4 is 27.5 Å². The Morgan fingerprint density at radius 1 is 1.58 bits per heavy atom. The van der Waals surface area contributed by atoms with Crippen LogP contribution < -0.4 is 0 Å². The van der Waals surface area contributed by atoms with E-state index in [0.717, 1.165) is 10.0 Å². The monoisotopic (exact) mass is 248 g/mol. The summed E-state index contributed by atoms with van der Waals surface area (Å²) in [5, 5.41) is 9.85. The fraction of sp³-hybridized carbons (Fsp3) is 0.333. The van der Waals surface area contributed by atoms with Gasteiger partial charge in [-0.15, -0.1) is 0 Å². The molecule has 0 heterocycles. The summed E-state index contributed by atoms with van der Waals surface area (Å²) < 4.78 is 0.988. The molecule has 0 bridgehead atoms. The van der Waals surface area contributed by atoms with Crippen molar-refractivity contribution in [1.29, 1.82) is 0 Å². The molecule has 1 nitrogen and oxygen atoms in total. The van der Waals surface area contributed by atoms with E-state index in [-0.39, 0.29) is 6.10 Å². The lowest BCUT2D eigenvalue weighted by atomic mass is 10.1. The smallest absolute Gasteiger partial charge is 0.0552 e. The summed E-state index contributed by atoms with van der Waals surface area (Å²) in [7, 11) is 0. The highest BCUT2D eigenvalue weighted by Gasteiger charge is 2.03. The predicted molar refractivity (Wildman–Crippen MR) is 54.5 cm³/mol. The number of rotatable bonds is 2. The van der Waals surface area contributed by atoms with Crippen LogP contribution in [0, 0.1) is 0 Å². The molecule has 1 rings (SSSR count). The van der Waals surface area contributed by atoms with Crippen molar-refractivity contribution in [3.63, 3.8) is 0 Å². The van der Waals surface area contributed by atoms with Gasteiger partial charge in [-0.3, -0.25) is 0 Å². The van der Waals surface area contributed by atoms with Crippen LogP contribution in [0.2, 0.25) is 5.02 Å². The van der Waals surface area contributed by atoms with Crippen LogP contribution in [-0.2, 0) is 6.42 Å². The van der Waals surface area contributed by atoms with Gasteiger partial charge in [-0.1, -0.05) is 27.5 Å². The third kappa shape index (κ3) is 2.77. The highest BCUT2D eigenvalue weighted by atomic mass is 79.9. The highest BCUT2D eigenvalue weighted by Crippen LogP contribution is 2.21. The SMILES string of the molecule is CC(O)Cc1cc(Br)ccc1Cl. The van der Waals surface area contributed by atoms with Gasteiger partial charge in [-0.2, -0.15) is 0 Å². The summed E-state index contributed by atoms with van der Waals surface area (Å²) in [4.78, 5) is 0. The Balaban J connectivity index is 2.90. The lowest BCUT2D eigenvalue weighted by Gasteiger charge is -2.06. The molecule has 1 unspecified atom stereocenters. The van der Waals surface area contributed by atoms with Crippen molar-refractivity contribution in [1.82, 2.24) is 0 Å². The number of aliphatic hydroxyl groups excluding tert-OH is 1. The normalized spacial score (nSPS) is 13.0. The van der Waals surface area contributed by atoms with E-state index in [0.29, 0.717) is 11.4 Å². The number of aliphatic hydroxyl groups is 1. The van der Waals surface area contributed by atoms with Gasteiger partial charge in [0.05, 0.1) is 6.10 Å². The largest absolute Gasteiger partial charge is 0.393 e. The van der Waals surface area contributed by atoms with Crippen molar-refractivity contribution < 1.29 is 5.11 Å².